The van der Waals surface area contributed by atoms with Crippen molar-refractivity contribution >= 4 is 11.9 Å². The van der Waals surface area contributed by atoms with Crippen molar-refractivity contribution in [2.75, 3.05) is 13.2 Å². The van der Waals surface area contributed by atoms with E-state index in [0.29, 0.717) is 19.0 Å². The fraction of sp³-hybridized carbons (Fsp3) is 0.652. The fourth-order valence-electron chi connectivity index (χ4n) is 3.34. The summed E-state index contributed by atoms with van der Waals surface area (Å²) in [6, 6.07) is 5.86. The quantitative estimate of drug-likeness (QED) is 0.216. The minimum Gasteiger partial charge on any atom is -0.494 e. The van der Waals surface area contributed by atoms with E-state index >= 15 is 0 Å². The van der Waals surface area contributed by atoms with Crippen molar-refractivity contribution in [1.82, 2.24) is 0 Å². The highest BCUT2D eigenvalue weighted by Gasteiger charge is 2.65. The van der Waals surface area contributed by atoms with Crippen molar-refractivity contribution in [3.8, 4) is 5.75 Å². The first-order valence-electron chi connectivity index (χ1n) is 11.4. The van der Waals surface area contributed by atoms with Crippen LogP contribution in [0.15, 0.2) is 34.5 Å². The van der Waals surface area contributed by atoms with E-state index in [1.54, 1.807) is 6.07 Å². The SMILES string of the molecule is O=C(O)CCC(=O)OCCCCCCCCCCCOc1cccc(C2(C(F)(F)F)N=N2)c1. The minimum atomic E-state index is -4.54. The van der Waals surface area contributed by atoms with Crippen molar-refractivity contribution in [1.29, 1.82) is 0 Å². The lowest BCUT2D eigenvalue weighted by Crippen LogP contribution is -2.30. The highest BCUT2D eigenvalue weighted by Crippen LogP contribution is 2.52. The zero-order chi connectivity index (χ0) is 24.2. The maximum absolute atomic E-state index is 13.1. The molecule has 0 radical (unpaired) electrons. The number of benzene rings is 1. The maximum atomic E-state index is 13.1. The van der Waals surface area contributed by atoms with Gasteiger partial charge in [-0.1, -0.05) is 57.1 Å². The Labute approximate surface area is 191 Å². The fourth-order valence-corrected chi connectivity index (χ4v) is 3.34. The molecule has 0 aliphatic carbocycles. The van der Waals surface area contributed by atoms with Crippen LogP contribution in [0.4, 0.5) is 13.2 Å². The highest BCUT2D eigenvalue weighted by atomic mass is 19.4. The minimum absolute atomic E-state index is 0.0242. The van der Waals surface area contributed by atoms with Gasteiger partial charge in [-0.15, -0.1) is 10.2 Å². The predicted molar refractivity (Wildman–Crippen MR) is 114 cm³/mol. The third-order valence-corrected chi connectivity index (χ3v) is 5.30. The molecule has 1 aliphatic rings. The number of unbranched alkanes of at least 4 members (excludes halogenated alkanes) is 8. The number of halogens is 3. The molecule has 0 unspecified atom stereocenters. The highest BCUT2D eigenvalue weighted by molar-refractivity contribution is 5.76. The Bertz CT molecular complexity index is 793. The van der Waals surface area contributed by atoms with Gasteiger partial charge in [0.1, 0.15) is 5.75 Å². The molecule has 0 bridgehead atoms. The average Bonchev–Trinajstić information content (AvgIpc) is 3.58. The van der Waals surface area contributed by atoms with E-state index in [1.165, 1.54) is 18.2 Å². The van der Waals surface area contributed by atoms with Gasteiger partial charge in [0, 0.05) is 5.56 Å². The van der Waals surface area contributed by atoms with Crippen LogP contribution in [0.25, 0.3) is 0 Å². The zero-order valence-corrected chi connectivity index (χ0v) is 18.6. The van der Waals surface area contributed by atoms with Crippen molar-refractivity contribution in [2.45, 2.75) is 82.5 Å². The first-order chi connectivity index (χ1) is 15.7. The largest absolute Gasteiger partial charge is 0.494 e. The zero-order valence-electron chi connectivity index (χ0n) is 18.6. The van der Waals surface area contributed by atoms with Crippen LogP contribution in [-0.4, -0.2) is 36.4 Å². The number of carbonyl (C=O) groups excluding carboxylic acids is 1. The molecule has 1 heterocycles. The average molecular weight is 473 g/mol. The molecule has 1 aliphatic heterocycles. The number of hydrogen-bond acceptors (Lipinski definition) is 6. The number of ether oxygens (including phenoxy) is 2. The molecule has 33 heavy (non-hydrogen) atoms. The molecule has 1 aromatic carbocycles. The second-order valence-electron chi connectivity index (χ2n) is 8.04. The van der Waals surface area contributed by atoms with Crippen LogP contribution in [0, 0.1) is 0 Å². The van der Waals surface area contributed by atoms with E-state index in [0.717, 1.165) is 57.8 Å². The van der Waals surface area contributed by atoms with Crippen LogP contribution in [0.2, 0.25) is 0 Å². The monoisotopic (exact) mass is 472 g/mol. The molecule has 0 fully saturated rings. The Morgan fingerprint density at radius 2 is 1.45 bits per heavy atom. The molecule has 0 aromatic heterocycles. The Balaban J connectivity index is 1.43. The van der Waals surface area contributed by atoms with Crippen molar-refractivity contribution in [3.63, 3.8) is 0 Å². The Hall–Kier alpha value is -2.65. The van der Waals surface area contributed by atoms with Gasteiger partial charge in [0.25, 0.3) is 0 Å². The maximum Gasteiger partial charge on any atom is 0.442 e. The molecule has 7 nitrogen and oxygen atoms in total. The lowest BCUT2D eigenvalue weighted by molar-refractivity contribution is -0.166. The van der Waals surface area contributed by atoms with Crippen LogP contribution >= 0.6 is 0 Å². The topological polar surface area (TPSA) is 97.5 Å². The number of hydrogen-bond donors (Lipinski definition) is 1. The van der Waals surface area contributed by atoms with Gasteiger partial charge < -0.3 is 14.6 Å². The van der Waals surface area contributed by atoms with Gasteiger partial charge in [0.05, 0.1) is 26.1 Å². The Morgan fingerprint density at radius 1 is 0.879 bits per heavy atom. The molecular formula is C23H31F3N2O5. The van der Waals surface area contributed by atoms with Crippen LogP contribution in [0.5, 0.6) is 5.75 Å². The number of aliphatic carboxylic acids is 1. The van der Waals surface area contributed by atoms with Gasteiger partial charge in [-0.2, -0.15) is 13.2 Å². The van der Waals surface area contributed by atoms with Gasteiger partial charge in [0.15, 0.2) is 0 Å². The summed E-state index contributed by atoms with van der Waals surface area (Å²) < 4.78 is 49.8. The lowest BCUT2D eigenvalue weighted by Gasteiger charge is -2.15. The Morgan fingerprint density at radius 3 is 2.00 bits per heavy atom. The van der Waals surface area contributed by atoms with Crippen LogP contribution in [0.3, 0.4) is 0 Å². The van der Waals surface area contributed by atoms with E-state index < -0.39 is 23.8 Å². The third kappa shape index (κ3) is 9.39. The second kappa shape index (κ2) is 13.2. The number of nitrogens with zero attached hydrogens (tertiary/aromatic N) is 2. The molecule has 0 spiro atoms. The van der Waals surface area contributed by atoms with E-state index in [9.17, 15) is 22.8 Å². The van der Waals surface area contributed by atoms with Crippen molar-refractivity contribution < 1.29 is 37.3 Å². The second-order valence-corrected chi connectivity index (χ2v) is 8.04. The number of carboxylic acids is 1. The molecule has 0 atom stereocenters. The summed E-state index contributed by atoms with van der Waals surface area (Å²) in [7, 11) is 0. The van der Waals surface area contributed by atoms with Crippen LogP contribution in [0.1, 0.15) is 76.2 Å². The molecular weight excluding hydrogens is 441 g/mol. The van der Waals surface area contributed by atoms with E-state index in [-0.39, 0.29) is 18.4 Å². The molecule has 1 aromatic rings. The van der Waals surface area contributed by atoms with E-state index in [1.807, 2.05) is 0 Å². The lowest BCUT2D eigenvalue weighted by atomic mass is 10.0. The molecule has 2 rings (SSSR count). The summed E-state index contributed by atoms with van der Waals surface area (Å²) in [4.78, 5) is 21.6. The molecule has 10 heteroatoms. The molecule has 0 saturated carbocycles. The summed E-state index contributed by atoms with van der Waals surface area (Å²) in [5.41, 5.74) is -2.44. The van der Waals surface area contributed by atoms with Gasteiger partial charge in [-0.3, -0.25) is 9.59 Å². The summed E-state index contributed by atoms with van der Waals surface area (Å²) >= 11 is 0. The van der Waals surface area contributed by atoms with E-state index in [4.69, 9.17) is 14.6 Å². The number of carbonyl (C=O) groups is 2. The van der Waals surface area contributed by atoms with Crippen molar-refractivity contribution in [2.24, 2.45) is 10.2 Å². The smallest absolute Gasteiger partial charge is 0.442 e. The third-order valence-electron chi connectivity index (χ3n) is 5.30. The normalized spacial score (nSPS) is 14.2. The number of rotatable bonds is 17. The number of alkyl halides is 3. The van der Waals surface area contributed by atoms with Crippen LogP contribution < -0.4 is 4.74 Å². The van der Waals surface area contributed by atoms with Crippen molar-refractivity contribution in [3.05, 3.63) is 29.8 Å². The summed E-state index contributed by atoms with van der Waals surface area (Å²) in [6.45, 7) is 0.782. The summed E-state index contributed by atoms with van der Waals surface area (Å²) in [5.74, 6) is -1.08. The molecule has 184 valence electrons. The Kier molecular flexibility index (Phi) is 10.6. The number of esters is 1. The first kappa shape index (κ1) is 26.6. The first-order valence-corrected chi connectivity index (χ1v) is 11.4. The summed E-state index contributed by atoms with van der Waals surface area (Å²) in [5, 5.41) is 14.9. The molecule has 1 N–H and O–H groups in total. The van der Waals surface area contributed by atoms with Crippen LogP contribution in [-0.2, 0) is 20.0 Å². The van der Waals surface area contributed by atoms with E-state index in [2.05, 4.69) is 10.2 Å². The van der Waals surface area contributed by atoms with Gasteiger partial charge >= 0.3 is 23.8 Å². The summed E-state index contributed by atoms with van der Waals surface area (Å²) in [6.07, 6.45) is 4.20. The van der Waals surface area contributed by atoms with Gasteiger partial charge in [-0.25, -0.2) is 0 Å². The number of carboxylic acid groups (broad SMARTS) is 1. The van der Waals surface area contributed by atoms with Gasteiger partial charge in [0.2, 0.25) is 0 Å². The molecule has 0 amide bonds. The molecule has 0 saturated heterocycles. The predicted octanol–water partition coefficient (Wildman–Crippen LogP) is 6.17. The van der Waals surface area contributed by atoms with Gasteiger partial charge in [-0.05, 0) is 25.0 Å². The standard InChI is InChI=1S/C23H31F3N2O5/c24-23(25,26)22(27-28-22)18-11-10-12-19(17-18)32-15-8-6-4-2-1-3-5-7-9-16-33-21(31)14-13-20(29)30/h10-12,17H,1-9,13-16H2,(H,29,30).